The van der Waals surface area contributed by atoms with E-state index in [9.17, 15) is 4.79 Å². The zero-order chi connectivity index (χ0) is 18.8. The topological polar surface area (TPSA) is 63.2 Å². The third kappa shape index (κ3) is 3.52. The number of carbonyl (C=O) groups excluding carboxylic acids is 1. The minimum Gasteiger partial charge on any atom is -0.493 e. The summed E-state index contributed by atoms with van der Waals surface area (Å²) >= 11 is 0. The normalized spacial score (nSPS) is 20.4. The van der Waals surface area contributed by atoms with E-state index in [0.29, 0.717) is 24.5 Å². The largest absolute Gasteiger partial charge is 0.493 e. The van der Waals surface area contributed by atoms with E-state index in [1.165, 1.54) is 0 Å². The van der Waals surface area contributed by atoms with Crippen LogP contribution in [0.2, 0.25) is 0 Å². The second-order valence-corrected chi connectivity index (χ2v) is 6.78. The molecule has 6 heteroatoms. The monoisotopic (exact) mass is 370 g/mol. The molecule has 142 valence electrons. The summed E-state index contributed by atoms with van der Waals surface area (Å²) in [5, 5.41) is 0. The van der Waals surface area contributed by atoms with Gasteiger partial charge in [-0.2, -0.15) is 0 Å². The molecule has 0 radical (unpaired) electrons. The first kappa shape index (κ1) is 17.5. The number of cyclic esters (lactones) is 1. The lowest BCUT2D eigenvalue weighted by Gasteiger charge is -2.17. The van der Waals surface area contributed by atoms with Crippen molar-refractivity contribution >= 4 is 5.97 Å². The molecule has 6 nitrogen and oxygen atoms in total. The van der Waals surface area contributed by atoms with Gasteiger partial charge in [0.15, 0.2) is 23.0 Å². The molecular formula is C21H22O6. The molecule has 0 aliphatic carbocycles. The van der Waals surface area contributed by atoms with Gasteiger partial charge in [0.1, 0.15) is 0 Å². The fourth-order valence-corrected chi connectivity index (χ4v) is 3.69. The van der Waals surface area contributed by atoms with E-state index in [2.05, 4.69) is 0 Å². The maximum atomic E-state index is 12.3. The van der Waals surface area contributed by atoms with Crippen LogP contribution in [0.1, 0.15) is 11.1 Å². The first-order valence-electron chi connectivity index (χ1n) is 8.94. The van der Waals surface area contributed by atoms with Gasteiger partial charge in [0.05, 0.1) is 26.7 Å². The van der Waals surface area contributed by atoms with Gasteiger partial charge < -0.3 is 23.7 Å². The molecule has 2 atom stereocenters. The first-order chi connectivity index (χ1) is 13.2. The lowest BCUT2D eigenvalue weighted by molar-refractivity contribution is -0.141. The molecule has 4 rings (SSSR count). The molecule has 1 fully saturated rings. The van der Waals surface area contributed by atoms with Gasteiger partial charge in [0.2, 0.25) is 6.79 Å². The average Bonchev–Trinajstić information content (AvgIpc) is 3.29. The van der Waals surface area contributed by atoms with E-state index in [0.717, 1.165) is 29.0 Å². The number of hydrogen-bond donors (Lipinski definition) is 0. The highest BCUT2D eigenvalue weighted by molar-refractivity contribution is 5.75. The van der Waals surface area contributed by atoms with Crippen molar-refractivity contribution in [2.45, 2.75) is 12.8 Å². The molecule has 0 amide bonds. The summed E-state index contributed by atoms with van der Waals surface area (Å²) in [7, 11) is 3.23. The number of benzene rings is 2. The van der Waals surface area contributed by atoms with Crippen LogP contribution in [-0.4, -0.2) is 33.6 Å². The average molecular weight is 370 g/mol. The molecule has 2 aliphatic heterocycles. The molecule has 2 aliphatic rings. The quantitative estimate of drug-likeness (QED) is 0.729. The van der Waals surface area contributed by atoms with Crippen molar-refractivity contribution in [2.24, 2.45) is 11.8 Å². The molecule has 27 heavy (non-hydrogen) atoms. The number of fused-ring (bicyclic) bond motifs is 1. The number of methoxy groups -OCH3 is 2. The Labute approximate surface area is 157 Å². The smallest absolute Gasteiger partial charge is 0.309 e. The van der Waals surface area contributed by atoms with Crippen LogP contribution in [0.15, 0.2) is 36.4 Å². The van der Waals surface area contributed by atoms with Gasteiger partial charge >= 0.3 is 5.97 Å². The summed E-state index contributed by atoms with van der Waals surface area (Å²) in [4.78, 5) is 12.3. The number of ether oxygens (including phenoxy) is 5. The fourth-order valence-electron chi connectivity index (χ4n) is 3.69. The van der Waals surface area contributed by atoms with Crippen LogP contribution in [0.5, 0.6) is 23.0 Å². The minimum atomic E-state index is -0.182. The third-order valence-corrected chi connectivity index (χ3v) is 5.15. The predicted octanol–water partition coefficient (Wildman–Crippen LogP) is 3.01. The number of hydrogen-bond acceptors (Lipinski definition) is 6. The molecule has 2 aromatic rings. The second kappa shape index (κ2) is 7.39. The van der Waals surface area contributed by atoms with E-state index in [4.69, 9.17) is 23.7 Å². The standard InChI is InChI=1S/C21H22O6/c1-23-17-5-3-13(9-19(17)24-2)7-15-11-25-21(22)16(15)8-14-4-6-18-20(10-14)27-12-26-18/h3-6,9-10,15-16H,7-8,11-12H2,1-2H3/t15-,16+/m0/s1. The molecule has 0 N–H and O–H groups in total. The van der Waals surface area contributed by atoms with Crippen LogP contribution >= 0.6 is 0 Å². The summed E-state index contributed by atoms with van der Waals surface area (Å²) in [5.41, 5.74) is 2.13. The molecule has 0 bridgehead atoms. The van der Waals surface area contributed by atoms with Crippen molar-refractivity contribution in [3.05, 3.63) is 47.5 Å². The van der Waals surface area contributed by atoms with Crippen LogP contribution in [0, 0.1) is 11.8 Å². The minimum absolute atomic E-state index is 0.112. The van der Waals surface area contributed by atoms with E-state index >= 15 is 0 Å². The highest BCUT2D eigenvalue weighted by Crippen LogP contribution is 2.36. The molecular weight excluding hydrogens is 348 g/mol. The maximum Gasteiger partial charge on any atom is 0.309 e. The highest BCUT2D eigenvalue weighted by Gasteiger charge is 2.37. The van der Waals surface area contributed by atoms with Crippen LogP contribution in [0.3, 0.4) is 0 Å². The van der Waals surface area contributed by atoms with Crippen molar-refractivity contribution in [2.75, 3.05) is 27.6 Å². The molecule has 0 aromatic heterocycles. The summed E-state index contributed by atoms with van der Waals surface area (Å²) in [6, 6.07) is 11.7. The van der Waals surface area contributed by atoms with Gasteiger partial charge in [0, 0.05) is 5.92 Å². The zero-order valence-corrected chi connectivity index (χ0v) is 15.4. The molecule has 2 aromatic carbocycles. The van der Waals surface area contributed by atoms with Crippen LogP contribution in [0.4, 0.5) is 0 Å². The van der Waals surface area contributed by atoms with Crippen molar-refractivity contribution in [1.29, 1.82) is 0 Å². The lowest BCUT2D eigenvalue weighted by atomic mass is 9.85. The Hall–Kier alpha value is -2.89. The van der Waals surface area contributed by atoms with Crippen molar-refractivity contribution < 1.29 is 28.5 Å². The van der Waals surface area contributed by atoms with Crippen molar-refractivity contribution in [3.8, 4) is 23.0 Å². The van der Waals surface area contributed by atoms with Crippen molar-refractivity contribution in [3.63, 3.8) is 0 Å². The predicted molar refractivity (Wildman–Crippen MR) is 97.5 cm³/mol. The fraction of sp³-hybridized carbons (Fsp3) is 0.381. The lowest BCUT2D eigenvalue weighted by Crippen LogP contribution is -2.20. The Morgan fingerprint density at radius 1 is 0.889 bits per heavy atom. The third-order valence-electron chi connectivity index (χ3n) is 5.15. The summed E-state index contributed by atoms with van der Waals surface area (Å²) in [5.74, 6) is 2.65. The summed E-state index contributed by atoms with van der Waals surface area (Å²) in [6.45, 7) is 0.675. The number of carbonyl (C=O) groups is 1. The van der Waals surface area contributed by atoms with Crippen molar-refractivity contribution in [1.82, 2.24) is 0 Å². The molecule has 2 heterocycles. The Bertz CT molecular complexity index is 847. The highest BCUT2D eigenvalue weighted by atomic mass is 16.7. The van der Waals surface area contributed by atoms with Gasteiger partial charge in [-0.3, -0.25) is 4.79 Å². The zero-order valence-electron chi connectivity index (χ0n) is 15.4. The Morgan fingerprint density at radius 3 is 2.44 bits per heavy atom. The molecule has 0 unspecified atom stereocenters. The molecule has 1 saturated heterocycles. The van der Waals surface area contributed by atoms with Gasteiger partial charge in [-0.15, -0.1) is 0 Å². The van der Waals surface area contributed by atoms with E-state index in [-0.39, 0.29) is 24.6 Å². The number of rotatable bonds is 6. The second-order valence-electron chi connectivity index (χ2n) is 6.78. The SMILES string of the molecule is COc1ccc(C[C@H]2COC(=O)[C@@H]2Cc2ccc3c(c2)OCO3)cc1OC. The van der Waals surface area contributed by atoms with Gasteiger partial charge in [-0.1, -0.05) is 12.1 Å². The number of esters is 1. The van der Waals surface area contributed by atoms with Crippen LogP contribution in [-0.2, 0) is 22.4 Å². The molecule has 0 saturated carbocycles. The Morgan fingerprint density at radius 2 is 1.63 bits per heavy atom. The van der Waals surface area contributed by atoms with Crippen LogP contribution < -0.4 is 18.9 Å². The Kier molecular flexibility index (Phi) is 4.79. The van der Waals surface area contributed by atoms with Gasteiger partial charge in [0.25, 0.3) is 0 Å². The summed E-state index contributed by atoms with van der Waals surface area (Å²) in [6.07, 6.45) is 1.36. The van der Waals surface area contributed by atoms with E-state index < -0.39 is 0 Å². The van der Waals surface area contributed by atoms with Gasteiger partial charge in [-0.05, 0) is 48.2 Å². The maximum absolute atomic E-state index is 12.3. The van der Waals surface area contributed by atoms with Gasteiger partial charge in [-0.25, -0.2) is 0 Å². The Balaban J connectivity index is 1.50. The first-order valence-corrected chi connectivity index (χ1v) is 8.94. The van der Waals surface area contributed by atoms with E-state index in [1.807, 2.05) is 36.4 Å². The summed E-state index contributed by atoms with van der Waals surface area (Å²) < 4.78 is 26.8. The molecule has 0 spiro atoms. The van der Waals surface area contributed by atoms with E-state index in [1.54, 1.807) is 14.2 Å². The van der Waals surface area contributed by atoms with Crippen LogP contribution in [0.25, 0.3) is 0 Å².